The lowest BCUT2D eigenvalue weighted by atomic mass is 10.1. The fourth-order valence-corrected chi connectivity index (χ4v) is 5.14. The van der Waals surface area contributed by atoms with Crippen molar-refractivity contribution in [3.63, 3.8) is 0 Å². The quantitative estimate of drug-likeness (QED) is 0.297. The van der Waals surface area contributed by atoms with Gasteiger partial charge in [-0.05, 0) is 30.5 Å². The van der Waals surface area contributed by atoms with Crippen molar-refractivity contribution < 1.29 is 9.53 Å². The molecule has 4 aromatic carbocycles. The first-order valence-electron chi connectivity index (χ1n) is 12.9. The van der Waals surface area contributed by atoms with Crippen LogP contribution < -0.4 is 9.64 Å². The number of ether oxygens (including phenoxy) is 1. The van der Waals surface area contributed by atoms with Crippen molar-refractivity contribution >= 4 is 22.4 Å². The lowest BCUT2D eigenvalue weighted by Gasteiger charge is -2.36. The van der Waals surface area contributed by atoms with E-state index in [1.807, 2.05) is 52.1 Å². The van der Waals surface area contributed by atoms with Gasteiger partial charge in [0.1, 0.15) is 17.3 Å². The Bertz CT molecular complexity index is 1590. The van der Waals surface area contributed by atoms with Crippen LogP contribution in [-0.4, -0.2) is 53.6 Å². The Labute approximate surface area is 222 Å². The summed E-state index contributed by atoms with van der Waals surface area (Å²) in [6.07, 6.45) is 1.85. The first-order valence-corrected chi connectivity index (χ1v) is 12.9. The van der Waals surface area contributed by atoms with Crippen molar-refractivity contribution in [2.24, 2.45) is 0 Å². The third kappa shape index (κ3) is 4.50. The van der Waals surface area contributed by atoms with Gasteiger partial charge in [0.05, 0.1) is 12.8 Å². The minimum Gasteiger partial charge on any atom is -0.497 e. The largest absolute Gasteiger partial charge is 0.497 e. The number of amides is 1. The molecule has 0 atom stereocenters. The van der Waals surface area contributed by atoms with E-state index in [9.17, 15) is 4.79 Å². The highest BCUT2D eigenvalue weighted by atomic mass is 16.5. The molecule has 0 radical (unpaired) electrons. The Morgan fingerprint density at radius 2 is 1.58 bits per heavy atom. The smallest absolute Gasteiger partial charge is 0.274 e. The molecule has 1 aromatic heterocycles. The van der Waals surface area contributed by atoms with Crippen molar-refractivity contribution in [3.05, 3.63) is 108 Å². The van der Waals surface area contributed by atoms with Gasteiger partial charge in [0.25, 0.3) is 5.91 Å². The fourth-order valence-electron chi connectivity index (χ4n) is 5.14. The molecule has 1 amide bonds. The number of methoxy groups -OCH3 is 1. The summed E-state index contributed by atoms with van der Waals surface area (Å²) in [7, 11) is 1.65. The number of fused-ring (bicyclic) bond motifs is 1. The second-order valence-electron chi connectivity index (χ2n) is 9.66. The second kappa shape index (κ2) is 10.1. The van der Waals surface area contributed by atoms with Gasteiger partial charge in [0.15, 0.2) is 0 Å². The number of aromatic nitrogens is 2. The van der Waals surface area contributed by atoms with Gasteiger partial charge in [-0.1, -0.05) is 72.3 Å². The van der Waals surface area contributed by atoms with Gasteiger partial charge in [-0.3, -0.25) is 9.36 Å². The molecule has 0 aliphatic carbocycles. The van der Waals surface area contributed by atoms with Crippen LogP contribution in [0, 0.1) is 6.92 Å². The molecular formula is C32H30N4O2. The highest BCUT2D eigenvalue weighted by Gasteiger charge is 2.26. The predicted molar refractivity (Wildman–Crippen MR) is 152 cm³/mol. The van der Waals surface area contributed by atoms with Crippen molar-refractivity contribution in [1.82, 2.24) is 14.5 Å². The zero-order chi connectivity index (χ0) is 26.1. The summed E-state index contributed by atoms with van der Waals surface area (Å²) in [5, 5.41) is 2.48. The van der Waals surface area contributed by atoms with E-state index >= 15 is 0 Å². The Morgan fingerprint density at radius 1 is 0.842 bits per heavy atom. The van der Waals surface area contributed by atoms with Crippen LogP contribution in [0.1, 0.15) is 16.1 Å². The van der Waals surface area contributed by atoms with Gasteiger partial charge in [-0.2, -0.15) is 0 Å². The van der Waals surface area contributed by atoms with Gasteiger partial charge < -0.3 is 14.5 Å². The van der Waals surface area contributed by atoms with Gasteiger partial charge in [-0.25, -0.2) is 4.98 Å². The van der Waals surface area contributed by atoms with Crippen LogP contribution in [0.15, 0.2) is 97.2 Å². The number of aryl methyl sites for hydroxylation is 1. The molecule has 1 aliphatic heterocycles. The van der Waals surface area contributed by atoms with Crippen LogP contribution >= 0.6 is 0 Å². The third-order valence-corrected chi connectivity index (χ3v) is 7.24. The van der Waals surface area contributed by atoms with Gasteiger partial charge in [-0.15, -0.1) is 0 Å². The normalized spacial score (nSPS) is 13.6. The molecule has 2 heterocycles. The lowest BCUT2D eigenvalue weighted by molar-refractivity contribution is 0.0741. The Hall–Kier alpha value is -4.58. The Morgan fingerprint density at radius 3 is 2.37 bits per heavy atom. The fraction of sp³-hybridized carbons (Fsp3) is 0.188. The number of carbonyl (C=O) groups is 1. The number of piperazine rings is 1. The summed E-state index contributed by atoms with van der Waals surface area (Å²) < 4.78 is 7.43. The van der Waals surface area contributed by atoms with Crippen molar-refractivity contribution in [2.45, 2.75) is 6.92 Å². The highest BCUT2D eigenvalue weighted by molar-refractivity contribution is 5.95. The standard InChI is InChI=1S/C32H30N4O2/c1-23-13-15-25(16-14-23)31-33-29(22-36(31)26-9-6-10-27(21-26)38-2)32(37)35-19-17-34(18-20-35)30-12-5-8-24-7-3-4-11-28(24)30/h3-16,21-22H,17-20H2,1-2H3. The average molecular weight is 503 g/mol. The topological polar surface area (TPSA) is 50.6 Å². The first-order chi connectivity index (χ1) is 18.6. The number of imidazole rings is 1. The lowest BCUT2D eigenvalue weighted by Crippen LogP contribution is -2.49. The minimum absolute atomic E-state index is 0.0439. The van der Waals surface area contributed by atoms with Crippen molar-refractivity contribution in [3.8, 4) is 22.8 Å². The molecular weight excluding hydrogens is 472 g/mol. The summed E-state index contributed by atoms with van der Waals surface area (Å²) in [5.74, 6) is 1.44. The molecule has 0 bridgehead atoms. The molecule has 0 unspecified atom stereocenters. The van der Waals surface area contributed by atoms with Crippen LogP contribution in [0.25, 0.3) is 27.8 Å². The molecule has 38 heavy (non-hydrogen) atoms. The summed E-state index contributed by atoms with van der Waals surface area (Å²) in [6.45, 7) is 4.91. The van der Waals surface area contributed by atoms with E-state index in [2.05, 4.69) is 66.4 Å². The van der Waals surface area contributed by atoms with E-state index in [0.717, 1.165) is 35.9 Å². The van der Waals surface area contributed by atoms with E-state index in [-0.39, 0.29) is 5.91 Å². The summed E-state index contributed by atoms with van der Waals surface area (Å²) >= 11 is 0. The van der Waals surface area contributed by atoms with Gasteiger partial charge in [0.2, 0.25) is 0 Å². The van der Waals surface area contributed by atoms with E-state index in [1.54, 1.807) is 7.11 Å². The summed E-state index contributed by atoms with van der Waals surface area (Å²) in [5.41, 5.74) is 4.69. The van der Waals surface area contributed by atoms with Crippen LogP contribution in [0.2, 0.25) is 0 Å². The molecule has 6 rings (SSSR count). The number of rotatable bonds is 5. The van der Waals surface area contributed by atoms with Crippen LogP contribution in [0.4, 0.5) is 5.69 Å². The number of benzene rings is 4. The Balaban J connectivity index is 1.28. The molecule has 6 heteroatoms. The number of hydrogen-bond donors (Lipinski definition) is 0. The average Bonchev–Trinajstić information content (AvgIpc) is 3.42. The molecule has 0 N–H and O–H groups in total. The second-order valence-corrected chi connectivity index (χ2v) is 9.66. The summed E-state index contributed by atoms with van der Waals surface area (Å²) in [6, 6.07) is 30.9. The van der Waals surface area contributed by atoms with Gasteiger partial charge in [0, 0.05) is 55.1 Å². The maximum absolute atomic E-state index is 13.7. The molecule has 5 aromatic rings. The number of hydrogen-bond acceptors (Lipinski definition) is 4. The molecule has 1 fully saturated rings. The van der Waals surface area contributed by atoms with Crippen LogP contribution in [0.5, 0.6) is 5.75 Å². The summed E-state index contributed by atoms with van der Waals surface area (Å²) in [4.78, 5) is 22.8. The molecule has 1 saturated heterocycles. The SMILES string of the molecule is COc1cccc(-n2cc(C(=O)N3CCN(c4cccc5ccccc45)CC3)nc2-c2ccc(C)cc2)c1. The molecule has 6 nitrogen and oxygen atoms in total. The molecule has 1 aliphatic rings. The van der Waals surface area contributed by atoms with Crippen LogP contribution in [0.3, 0.4) is 0 Å². The van der Waals surface area contributed by atoms with E-state index in [1.165, 1.54) is 22.0 Å². The van der Waals surface area contributed by atoms with Crippen LogP contribution in [-0.2, 0) is 0 Å². The Kier molecular flexibility index (Phi) is 6.30. The van der Waals surface area contributed by atoms with Crippen molar-refractivity contribution in [1.29, 1.82) is 0 Å². The molecule has 0 saturated carbocycles. The monoisotopic (exact) mass is 502 g/mol. The highest BCUT2D eigenvalue weighted by Crippen LogP contribution is 2.29. The molecule has 190 valence electrons. The third-order valence-electron chi connectivity index (χ3n) is 7.24. The van der Waals surface area contributed by atoms with E-state index in [0.29, 0.717) is 18.8 Å². The molecule has 0 spiro atoms. The van der Waals surface area contributed by atoms with Gasteiger partial charge >= 0.3 is 0 Å². The zero-order valence-corrected chi connectivity index (χ0v) is 21.7. The minimum atomic E-state index is -0.0439. The number of anilines is 1. The zero-order valence-electron chi connectivity index (χ0n) is 21.7. The van der Waals surface area contributed by atoms with E-state index in [4.69, 9.17) is 9.72 Å². The maximum Gasteiger partial charge on any atom is 0.274 e. The number of carbonyl (C=O) groups excluding carboxylic acids is 1. The first kappa shape index (κ1) is 23.8. The van der Waals surface area contributed by atoms with E-state index < -0.39 is 0 Å². The number of nitrogens with zero attached hydrogens (tertiary/aromatic N) is 4. The van der Waals surface area contributed by atoms with Crippen molar-refractivity contribution in [2.75, 3.05) is 38.2 Å². The maximum atomic E-state index is 13.7. The predicted octanol–water partition coefficient (Wildman–Crippen LogP) is 5.97.